The van der Waals surface area contributed by atoms with Gasteiger partial charge in [0.25, 0.3) is 15.9 Å². The number of anilines is 2. The van der Waals surface area contributed by atoms with E-state index in [2.05, 4.69) is 9.71 Å². The summed E-state index contributed by atoms with van der Waals surface area (Å²) in [6.07, 6.45) is 0. The van der Waals surface area contributed by atoms with E-state index in [1.165, 1.54) is 30.2 Å². The third kappa shape index (κ3) is 3.81. The summed E-state index contributed by atoms with van der Waals surface area (Å²) in [6.45, 7) is 0.000845. The molecule has 8 nitrogen and oxygen atoms in total. The molecule has 2 heterocycles. The lowest BCUT2D eigenvalue weighted by Crippen LogP contribution is -2.35. The molecule has 1 aliphatic heterocycles. The highest BCUT2D eigenvalue weighted by atomic mass is 35.5. The van der Waals surface area contributed by atoms with E-state index in [1.54, 1.807) is 30.6 Å². The number of rotatable bonds is 5. The number of hydrogen-bond donors (Lipinski definition) is 1. The van der Waals surface area contributed by atoms with E-state index in [0.29, 0.717) is 22.9 Å². The van der Waals surface area contributed by atoms with Gasteiger partial charge in [0, 0.05) is 18.0 Å². The molecule has 3 aromatic rings. The van der Waals surface area contributed by atoms with Crippen LogP contribution in [0.1, 0.15) is 0 Å². The molecule has 11 heteroatoms. The first kappa shape index (κ1) is 20.5. The maximum atomic E-state index is 12.7. The Bertz CT molecular complexity index is 1240. The Balaban J connectivity index is 1.59. The number of sulfonamides is 1. The van der Waals surface area contributed by atoms with Crippen molar-refractivity contribution in [3.63, 3.8) is 0 Å². The van der Waals surface area contributed by atoms with Gasteiger partial charge in [-0.1, -0.05) is 11.6 Å². The number of benzene rings is 2. The SMILES string of the molecule is COc1ccc(S(=O)(=O)Nc2nc(-c3ccc4c(c3)N(C)C(=O)CO4)cs2)cc1Cl. The number of carbonyl (C=O) groups is 1. The molecule has 4 rings (SSSR count). The Morgan fingerprint density at radius 1 is 1.27 bits per heavy atom. The van der Waals surface area contributed by atoms with Crippen LogP contribution >= 0.6 is 22.9 Å². The molecule has 0 atom stereocenters. The highest BCUT2D eigenvalue weighted by Gasteiger charge is 2.23. The number of nitrogens with one attached hydrogen (secondary N) is 1. The van der Waals surface area contributed by atoms with Crippen LogP contribution in [0.3, 0.4) is 0 Å². The Kier molecular flexibility index (Phi) is 5.31. The first-order valence-electron chi connectivity index (χ1n) is 8.64. The predicted octanol–water partition coefficient (Wildman–Crippen LogP) is 3.63. The lowest BCUT2D eigenvalue weighted by atomic mass is 10.1. The fourth-order valence-electron chi connectivity index (χ4n) is 2.87. The third-order valence-electron chi connectivity index (χ3n) is 4.50. The summed E-state index contributed by atoms with van der Waals surface area (Å²) in [7, 11) is -0.751. The fourth-order valence-corrected chi connectivity index (χ4v) is 5.19. The molecule has 0 saturated heterocycles. The number of aromatic nitrogens is 1. The number of carbonyl (C=O) groups excluding carboxylic acids is 1. The minimum atomic E-state index is -3.88. The predicted molar refractivity (Wildman–Crippen MR) is 115 cm³/mol. The first-order valence-corrected chi connectivity index (χ1v) is 11.4. The van der Waals surface area contributed by atoms with Gasteiger partial charge in [-0.3, -0.25) is 9.52 Å². The van der Waals surface area contributed by atoms with E-state index in [-0.39, 0.29) is 27.6 Å². The number of ether oxygens (including phenoxy) is 2. The van der Waals surface area contributed by atoms with E-state index in [4.69, 9.17) is 21.1 Å². The van der Waals surface area contributed by atoms with Crippen LogP contribution in [-0.2, 0) is 14.8 Å². The van der Waals surface area contributed by atoms with E-state index < -0.39 is 10.0 Å². The number of likely N-dealkylation sites (N-methyl/N-ethyl adjacent to an activating group) is 1. The molecule has 0 spiro atoms. The van der Waals surface area contributed by atoms with Crippen molar-refractivity contribution in [1.82, 2.24) is 4.98 Å². The van der Waals surface area contributed by atoms with Gasteiger partial charge in [0.2, 0.25) is 0 Å². The topological polar surface area (TPSA) is 97.8 Å². The third-order valence-corrected chi connectivity index (χ3v) is 7.02. The van der Waals surface area contributed by atoms with Gasteiger partial charge < -0.3 is 14.4 Å². The fraction of sp³-hybridized carbons (Fsp3) is 0.158. The Hall–Kier alpha value is -2.82. The summed E-state index contributed by atoms with van der Waals surface area (Å²) in [5.41, 5.74) is 1.93. The Morgan fingerprint density at radius 3 is 2.80 bits per heavy atom. The van der Waals surface area contributed by atoms with Crippen molar-refractivity contribution in [2.24, 2.45) is 0 Å². The molecular formula is C19H16ClN3O5S2. The van der Waals surface area contributed by atoms with Crippen LogP contribution < -0.4 is 19.1 Å². The Labute approximate surface area is 182 Å². The molecule has 30 heavy (non-hydrogen) atoms. The molecule has 1 N–H and O–H groups in total. The van der Waals surface area contributed by atoms with Crippen molar-refractivity contribution in [3.8, 4) is 22.8 Å². The lowest BCUT2D eigenvalue weighted by Gasteiger charge is -2.26. The van der Waals surface area contributed by atoms with E-state index in [0.717, 1.165) is 16.9 Å². The second-order valence-electron chi connectivity index (χ2n) is 6.36. The van der Waals surface area contributed by atoms with Crippen LogP contribution in [0.5, 0.6) is 11.5 Å². The van der Waals surface area contributed by atoms with Crippen LogP contribution in [-0.4, -0.2) is 40.1 Å². The second kappa shape index (κ2) is 7.78. The van der Waals surface area contributed by atoms with E-state index in [9.17, 15) is 13.2 Å². The van der Waals surface area contributed by atoms with Gasteiger partial charge in [0.05, 0.1) is 28.4 Å². The summed E-state index contributed by atoms with van der Waals surface area (Å²) in [5, 5.41) is 2.12. The zero-order valence-electron chi connectivity index (χ0n) is 15.9. The zero-order chi connectivity index (χ0) is 21.5. The van der Waals surface area contributed by atoms with Gasteiger partial charge in [0.1, 0.15) is 11.5 Å². The van der Waals surface area contributed by atoms with Gasteiger partial charge in [-0.05, 0) is 36.4 Å². The molecule has 0 radical (unpaired) electrons. The standard InChI is InChI=1S/C19H16ClN3O5S2/c1-23-15-7-11(3-5-17(15)28-9-18(23)24)14-10-29-19(21-14)22-30(25,26)12-4-6-16(27-2)13(20)8-12/h3-8,10H,9H2,1-2H3,(H,21,22). The maximum absolute atomic E-state index is 12.7. The number of amides is 1. The van der Waals surface area contributed by atoms with Crippen LogP contribution in [0.2, 0.25) is 5.02 Å². The molecular weight excluding hydrogens is 450 g/mol. The van der Waals surface area contributed by atoms with Crippen LogP contribution in [0.15, 0.2) is 46.7 Å². The second-order valence-corrected chi connectivity index (χ2v) is 9.31. The summed E-state index contributed by atoms with van der Waals surface area (Å²) >= 11 is 7.18. The van der Waals surface area contributed by atoms with Gasteiger partial charge >= 0.3 is 0 Å². The van der Waals surface area contributed by atoms with Crippen molar-refractivity contribution in [2.45, 2.75) is 4.90 Å². The number of nitrogens with zero attached hydrogens (tertiary/aromatic N) is 2. The smallest absolute Gasteiger partial charge is 0.264 e. The molecule has 0 fully saturated rings. The number of fused-ring (bicyclic) bond motifs is 1. The molecule has 1 aliphatic rings. The van der Waals surface area contributed by atoms with Crippen molar-refractivity contribution in [3.05, 3.63) is 46.8 Å². The van der Waals surface area contributed by atoms with E-state index >= 15 is 0 Å². The minimum Gasteiger partial charge on any atom is -0.495 e. The quantitative estimate of drug-likeness (QED) is 0.618. The molecule has 0 bridgehead atoms. The number of thiazole rings is 1. The average molecular weight is 466 g/mol. The molecule has 0 aliphatic carbocycles. The first-order chi connectivity index (χ1) is 14.3. The minimum absolute atomic E-state index is 0.000845. The van der Waals surface area contributed by atoms with Gasteiger partial charge in [-0.15, -0.1) is 11.3 Å². The maximum Gasteiger partial charge on any atom is 0.264 e. The van der Waals surface area contributed by atoms with Crippen molar-refractivity contribution >= 4 is 49.7 Å². The Morgan fingerprint density at radius 2 is 2.07 bits per heavy atom. The lowest BCUT2D eigenvalue weighted by molar-refractivity contribution is -0.120. The highest BCUT2D eigenvalue weighted by molar-refractivity contribution is 7.93. The molecule has 1 amide bonds. The molecule has 0 saturated carbocycles. The van der Waals surface area contributed by atoms with Gasteiger partial charge in [-0.2, -0.15) is 0 Å². The van der Waals surface area contributed by atoms with Crippen molar-refractivity contribution in [2.75, 3.05) is 30.4 Å². The normalized spacial score (nSPS) is 13.6. The number of hydrogen-bond acceptors (Lipinski definition) is 7. The molecule has 1 aromatic heterocycles. The summed E-state index contributed by atoms with van der Waals surface area (Å²) in [5.74, 6) is 0.838. The van der Waals surface area contributed by atoms with Crippen molar-refractivity contribution in [1.29, 1.82) is 0 Å². The largest absolute Gasteiger partial charge is 0.495 e. The summed E-state index contributed by atoms with van der Waals surface area (Å²) in [6, 6.07) is 9.54. The van der Waals surface area contributed by atoms with Crippen LogP contribution in [0.4, 0.5) is 10.8 Å². The molecule has 2 aromatic carbocycles. The van der Waals surface area contributed by atoms with Crippen molar-refractivity contribution < 1.29 is 22.7 Å². The van der Waals surface area contributed by atoms with E-state index in [1.807, 2.05) is 0 Å². The zero-order valence-corrected chi connectivity index (χ0v) is 18.3. The number of halogens is 1. The monoisotopic (exact) mass is 465 g/mol. The van der Waals surface area contributed by atoms with Gasteiger partial charge in [0.15, 0.2) is 11.7 Å². The summed E-state index contributed by atoms with van der Waals surface area (Å²) < 4.78 is 38.3. The molecule has 0 unspecified atom stereocenters. The summed E-state index contributed by atoms with van der Waals surface area (Å²) in [4.78, 5) is 17.7. The van der Waals surface area contributed by atoms with Crippen LogP contribution in [0.25, 0.3) is 11.3 Å². The highest BCUT2D eigenvalue weighted by Crippen LogP contribution is 2.36. The number of methoxy groups -OCH3 is 1. The molecule has 156 valence electrons. The average Bonchev–Trinajstić information content (AvgIpc) is 3.18. The van der Waals surface area contributed by atoms with Gasteiger partial charge in [-0.25, -0.2) is 13.4 Å². The van der Waals surface area contributed by atoms with Crippen LogP contribution in [0, 0.1) is 0 Å².